The van der Waals surface area contributed by atoms with Crippen LogP contribution in [-0.2, 0) is 0 Å². The molecule has 4 rings (SSSR count). The lowest BCUT2D eigenvalue weighted by atomic mass is 9.92. The van der Waals surface area contributed by atoms with Crippen molar-refractivity contribution in [2.75, 3.05) is 19.6 Å². The molecular weight excluding hydrogens is 378 g/mol. The summed E-state index contributed by atoms with van der Waals surface area (Å²) in [6.45, 7) is 3.35. The fourth-order valence-corrected chi connectivity index (χ4v) is 3.47. The molecule has 0 unspecified atom stereocenters. The summed E-state index contributed by atoms with van der Waals surface area (Å²) in [6, 6.07) is 6.89. The average molecular weight is 398 g/mol. The van der Waals surface area contributed by atoms with Crippen molar-refractivity contribution in [1.29, 1.82) is 0 Å². The molecule has 1 fully saturated rings. The van der Waals surface area contributed by atoms with Crippen LogP contribution in [0, 0.1) is 24.5 Å². The van der Waals surface area contributed by atoms with Crippen molar-refractivity contribution in [1.82, 2.24) is 9.88 Å². The molecule has 0 N–H and O–H groups in total. The highest BCUT2D eigenvalue weighted by atomic mass is 19.1. The molecule has 1 amide bonds. The molecule has 1 aromatic carbocycles. The van der Waals surface area contributed by atoms with E-state index in [1.54, 1.807) is 17.0 Å². The van der Waals surface area contributed by atoms with Gasteiger partial charge in [-0.05, 0) is 44.0 Å². The van der Waals surface area contributed by atoms with Crippen molar-refractivity contribution in [2.45, 2.75) is 19.8 Å². The Morgan fingerprint density at radius 3 is 2.66 bits per heavy atom. The second-order valence-corrected chi connectivity index (χ2v) is 7.13. The van der Waals surface area contributed by atoms with E-state index in [9.17, 15) is 13.6 Å². The number of halogens is 2. The highest BCUT2D eigenvalue weighted by Crippen LogP contribution is 2.24. The van der Waals surface area contributed by atoms with Crippen LogP contribution in [0.15, 0.2) is 46.5 Å². The Morgan fingerprint density at radius 1 is 1.17 bits per heavy atom. The number of amidine groups is 1. The molecule has 6 nitrogen and oxygen atoms in total. The molecule has 8 heteroatoms. The predicted octanol–water partition coefficient (Wildman–Crippen LogP) is 3.78. The number of hydrogen-bond donors (Lipinski definition) is 0. The zero-order chi connectivity index (χ0) is 20.4. The van der Waals surface area contributed by atoms with Gasteiger partial charge in [-0.1, -0.05) is 0 Å². The highest BCUT2D eigenvalue weighted by Gasteiger charge is 2.29. The van der Waals surface area contributed by atoms with Crippen LogP contribution in [0.1, 0.15) is 24.1 Å². The minimum atomic E-state index is -0.670. The number of piperidine rings is 1. The molecule has 150 valence electrons. The van der Waals surface area contributed by atoms with E-state index in [0.29, 0.717) is 31.2 Å². The Morgan fingerprint density at radius 2 is 1.97 bits per heavy atom. The van der Waals surface area contributed by atoms with Crippen molar-refractivity contribution >= 4 is 17.6 Å². The average Bonchev–Trinajstić information content (AvgIpc) is 3.20. The molecule has 0 aliphatic carbocycles. The first kappa shape index (κ1) is 19.2. The standard InChI is InChI=1S/C21H20F2N4O2/c1-13-2-4-16(11-24-13)29-21(28)27-8-6-14(7-9-27)19-12-25-20(26-19)17-5-3-15(22)10-18(17)23/h2-5,10-11,14H,6-9,12H2,1H3. The van der Waals surface area contributed by atoms with Gasteiger partial charge in [0.25, 0.3) is 0 Å². The molecule has 1 saturated heterocycles. The summed E-state index contributed by atoms with van der Waals surface area (Å²) < 4.78 is 32.4. The smallest absolute Gasteiger partial charge is 0.409 e. The molecule has 0 saturated carbocycles. The van der Waals surface area contributed by atoms with Crippen LogP contribution in [0.5, 0.6) is 5.75 Å². The summed E-state index contributed by atoms with van der Waals surface area (Å²) in [4.78, 5) is 26.9. The molecule has 0 bridgehead atoms. The van der Waals surface area contributed by atoms with Crippen molar-refractivity contribution in [3.63, 3.8) is 0 Å². The fraction of sp³-hybridized carbons (Fsp3) is 0.333. The number of aliphatic imine (C=N–C) groups is 2. The second-order valence-electron chi connectivity index (χ2n) is 7.13. The molecule has 1 aromatic heterocycles. The Hall–Kier alpha value is -3.16. The number of carbonyl (C=O) groups is 1. The topological polar surface area (TPSA) is 67.2 Å². The number of aryl methyl sites for hydroxylation is 1. The van der Waals surface area contributed by atoms with Gasteiger partial charge in [0.1, 0.15) is 11.6 Å². The van der Waals surface area contributed by atoms with Crippen LogP contribution in [0.4, 0.5) is 13.6 Å². The number of carbonyl (C=O) groups excluding carboxylic acids is 1. The van der Waals surface area contributed by atoms with E-state index in [-0.39, 0.29) is 11.5 Å². The van der Waals surface area contributed by atoms with Gasteiger partial charge in [0.2, 0.25) is 0 Å². The van der Waals surface area contributed by atoms with Crippen LogP contribution in [0.2, 0.25) is 0 Å². The third-order valence-electron chi connectivity index (χ3n) is 5.13. The Bertz CT molecular complexity index is 981. The number of likely N-dealkylation sites (tertiary alicyclic amines) is 1. The van der Waals surface area contributed by atoms with Gasteiger partial charge < -0.3 is 9.64 Å². The monoisotopic (exact) mass is 398 g/mol. The maximum absolute atomic E-state index is 14.0. The van der Waals surface area contributed by atoms with E-state index in [2.05, 4.69) is 15.0 Å². The maximum atomic E-state index is 14.0. The maximum Gasteiger partial charge on any atom is 0.415 e. The first-order valence-electron chi connectivity index (χ1n) is 9.46. The molecular formula is C21H20F2N4O2. The van der Waals surface area contributed by atoms with Gasteiger partial charge in [-0.25, -0.2) is 18.6 Å². The summed E-state index contributed by atoms with van der Waals surface area (Å²) in [7, 11) is 0. The number of rotatable bonds is 3. The van der Waals surface area contributed by atoms with Crippen LogP contribution >= 0.6 is 0 Å². The molecule has 2 aliphatic rings. The lowest BCUT2D eigenvalue weighted by molar-refractivity contribution is 0.137. The number of hydrogen-bond acceptors (Lipinski definition) is 5. The van der Waals surface area contributed by atoms with Crippen LogP contribution in [0.3, 0.4) is 0 Å². The summed E-state index contributed by atoms with van der Waals surface area (Å²) in [5.41, 5.74) is 1.93. The largest absolute Gasteiger partial charge is 0.415 e. The van der Waals surface area contributed by atoms with E-state index in [0.717, 1.165) is 30.3 Å². The highest BCUT2D eigenvalue weighted by molar-refractivity contribution is 6.12. The van der Waals surface area contributed by atoms with Gasteiger partial charge in [-0.15, -0.1) is 0 Å². The third-order valence-corrected chi connectivity index (χ3v) is 5.13. The summed E-state index contributed by atoms with van der Waals surface area (Å²) in [5, 5.41) is 0. The zero-order valence-electron chi connectivity index (χ0n) is 15.9. The van der Waals surface area contributed by atoms with Crippen molar-refractivity contribution in [2.24, 2.45) is 15.9 Å². The van der Waals surface area contributed by atoms with Crippen molar-refractivity contribution in [3.8, 4) is 5.75 Å². The SMILES string of the molecule is Cc1ccc(OC(=O)N2CCC(C3=NC(c4ccc(F)cc4F)=NC3)CC2)cn1. The van der Waals surface area contributed by atoms with E-state index >= 15 is 0 Å². The number of aromatic nitrogens is 1. The minimum absolute atomic E-state index is 0.171. The number of amides is 1. The molecule has 0 atom stereocenters. The fourth-order valence-electron chi connectivity index (χ4n) is 3.47. The van der Waals surface area contributed by atoms with E-state index in [1.165, 1.54) is 18.3 Å². The quantitative estimate of drug-likeness (QED) is 0.790. The first-order chi connectivity index (χ1) is 14.0. The Balaban J connectivity index is 1.34. The summed E-state index contributed by atoms with van der Waals surface area (Å²) in [5.74, 6) is -0.412. The van der Waals surface area contributed by atoms with Crippen LogP contribution in [0.25, 0.3) is 0 Å². The van der Waals surface area contributed by atoms with Gasteiger partial charge in [0.05, 0.1) is 18.3 Å². The number of nitrogens with zero attached hydrogens (tertiary/aromatic N) is 4. The molecule has 3 heterocycles. The second kappa shape index (κ2) is 8.06. The molecule has 2 aliphatic heterocycles. The molecule has 2 aromatic rings. The first-order valence-corrected chi connectivity index (χ1v) is 9.46. The lowest BCUT2D eigenvalue weighted by Gasteiger charge is -2.31. The van der Waals surface area contributed by atoms with Gasteiger partial charge in [0, 0.05) is 36.5 Å². The third kappa shape index (κ3) is 4.31. The number of pyridine rings is 1. The lowest BCUT2D eigenvalue weighted by Crippen LogP contribution is -2.41. The summed E-state index contributed by atoms with van der Waals surface area (Å²) in [6.07, 6.45) is 2.59. The van der Waals surface area contributed by atoms with Gasteiger partial charge in [0.15, 0.2) is 11.6 Å². The Labute approximate surface area is 167 Å². The molecule has 0 spiro atoms. The minimum Gasteiger partial charge on any atom is -0.409 e. The van der Waals surface area contributed by atoms with Crippen molar-refractivity contribution < 1.29 is 18.3 Å². The normalized spacial score (nSPS) is 17.1. The number of ether oxygens (including phenoxy) is 1. The van der Waals surface area contributed by atoms with Crippen LogP contribution in [-0.4, -0.2) is 47.2 Å². The number of benzene rings is 1. The van der Waals surface area contributed by atoms with E-state index in [1.807, 2.05) is 6.92 Å². The van der Waals surface area contributed by atoms with Gasteiger partial charge in [-0.3, -0.25) is 9.98 Å². The van der Waals surface area contributed by atoms with Gasteiger partial charge in [-0.2, -0.15) is 0 Å². The molecule has 29 heavy (non-hydrogen) atoms. The zero-order valence-corrected chi connectivity index (χ0v) is 15.9. The summed E-state index contributed by atoms with van der Waals surface area (Å²) >= 11 is 0. The van der Waals surface area contributed by atoms with Crippen molar-refractivity contribution in [3.05, 3.63) is 59.4 Å². The van der Waals surface area contributed by atoms with E-state index in [4.69, 9.17) is 4.74 Å². The molecule has 0 radical (unpaired) electrons. The Kier molecular flexibility index (Phi) is 5.33. The predicted molar refractivity (Wildman–Crippen MR) is 104 cm³/mol. The van der Waals surface area contributed by atoms with Gasteiger partial charge >= 0.3 is 6.09 Å². The van der Waals surface area contributed by atoms with E-state index < -0.39 is 17.7 Å². The van der Waals surface area contributed by atoms with Crippen LogP contribution < -0.4 is 4.74 Å².